The van der Waals surface area contributed by atoms with Gasteiger partial charge in [0.2, 0.25) is 0 Å². The highest BCUT2D eigenvalue weighted by molar-refractivity contribution is 9.10. The maximum absolute atomic E-state index is 14.3. The van der Waals surface area contributed by atoms with Crippen LogP contribution < -0.4 is 24.9 Å². The zero-order valence-electron chi connectivity index (χ0n) is 21.7. The Bertz CT molecular complexity index is 1970. The van der Waals surface area contributed by atoms with Crippen LogP contribution in [0.2, 0.25) is 5.02 Å². The van der Waals surface area contributed by atoms with Crippen molar-refractivity contribution in [2.24, 2.45) is 4.99 Å². The van der Waals surface area contributed by atoms with Gasteiger partial charge < -0.3 is 14.8 Å². The molecule has 0 spiro atoms. The number of carbonyl (C=O) groups is 2. The minimum absolute atomic E-state index is 0.115. The third-order valence-electron chi connectivity index (χ3n) is 6.79. The maximum atomic E-state index is 14.3. The van der Waals surface area contributed by atoms with Crippen LogP contribution in [-0.4, -0.2) is 30.2 Å². The highest BCUT2D eigenvalue weighted by atomic mass is 79.9. The average molecular weight is 651 g/mol. The predicted molar refractivity (Wildman–Crippen MR) is 161 cm³/mol. The van der Waals surface area contributed by atoms with Gasteiger partial charge in [0, 0.05) is 31.9 Å². The lowest BCUT2D eigenvalue weighted by atomic mass is 9.92. The number of benzene rings is 3. The number of halogens is 2. The number of esters is 1. The van der Waals surface area contributed by atoms with E-state index in [0.29, 0.717) is 43.6 Å². The molecule has 8 nitrogen and oxygen atoms in total. The SMILES string of the molecule is CCOC(=O)C1=C(c2ccccc2)N=c2s/c(=C3/C(=O)Nc4ccc(Br)cc43)c(=O)n2[C@H]1c1cc(Cl)ccc1OC. The van der Waals surface area contributed by atoms with Crippen molar-refractivity contribution in [1.82, 2.24) is 4.57 Å². The summed E-state index contributed by atoms with van der Waals surface area (Å²) in [6.45, 7) is 1.82. The van der Waals surface area contributed by atoms with Crippen molar-refractivity contribution in [3.8, 4) is 5.75 Å². The molecule has 11 heteroatoms. The largest absolute Gasteiger partial charge is 0.496 e. The molecule has 206 valence electrons. The van der Waals surface area contributed by atoms with E-state index in [1.165, 1.54) is 11.7 Å². The molecule has 1 aromatic heterocycles. The van der Waals surface area contributed by atoms with E-state index in [4.69, 9.17) is 26.1 Å². The first-order chi connectivity index (χ1) is 19.8. The number of anilines is 1. The number of fused-ring (bicyclic) bond motifs is 2. The Morgan fingerprint density at radius 2 is 1.90 bits per heavy atom. The summed E-state index contributed by atoms with van der Waals surface area (Å²) in [4.78, 5) is 46.4. The van der Waals surface area contributed by atoms with E-state index < -0.39 is 23.5 Å². The first-order valence-corrected chi connectivity index (χ1v) is 14.6. The highest BCUT2D eigenvalue weighted by Crippen LogP contribution is 2.40. The lowest BCUT2D eigenvalue weighted by Crippen LogP contribution is -2.40. The molecular weight excluding hydrogens is 630 g/mol. The van der Waals surface area contributed by atoms with E-state index in [2.05, 4.69) is 21.2 Å². The second-order valence-electron chi connectivity index (χ2n) is 9.16. The number of methoxy groups -OCH3 is 1. The normalized spacial score (nSPS) is 17.0. The van der Waals surface area contributed by atoms with Gasteiger partial charge in [-0.15, -0.1) is 0 Å². The summed E-state index contributed by atoms with van der Waals surface area (Å²) in [6.07, 6.45) is 0. The zero-order valence-corrected chi connectivity index (χ0v) is 24.9. The second kappa shape index (κ2) is 10.8. The fraction of sp³-hybridized carbons (Fsp3) is 0.133. The molecule has 3 aromatic carbocycles. The van der Waals surface area contributed by atoms with Gasteiger partial charge in [0.1, 0.15) is 16.3 Å². The molecule has 6 rings (SSSR count). The van der Waals surface area contributed by atoms with E-state index in [0.717, 1.165) is 15.8 Å². The number of ether oxygens (including phenoxy) is 2. The van der Waals surface area contributed by atoms with Crippen LogP contribution >= 0.6 is 38.9 Å². The molecule has 41 heavy (non-hydrogen) atoms. The number of rotatable bonds is 5. The molecule has 0 saturated carbocycles. The monoisotopic (exact) mass is 649 g/mol. The van der Waals surface area contributed by atoms with Crippen molar-refractivity contribution >= 4 is 67.7 Å². The van der Waals surface area contributed by atoms with Crippen molar-refractivity contribution < 1.29 is 19.1 Å². The Kier molecular flexibility index (Phi) is 7.14. The van der Waals surface area contributed by atoms with Crippen LogP contribution in [0.25, 0.3) is 11.3 Å². The summed E-state index contributed by atoms with van der Waals surface area (Å²) in [5.74, 6) is -0.609. The van der Waals surface area contributed by atoms with Gasteiger partial charge in [0.05, 0.1) is 30.6 Å². The summed E-state index contributed by atoms with van der Waals surface area (Å²) >= 11 is 11.0. The summed E-state index contributed by atoms with van der Waals surface area (Å²) in [7, 11) is 1.50. The van der Waals surface area contributed by atoms with Crippen LogP contribution in [0.4, 0.5) is 5.69 Å². The number of carbonyl (C=O) groups excluding carboxylic acids is 2. The molecule has 0 aliphatic carbocycles. The van der Waals surface area contributed by atoms with Gasteiger partial charge in [-0.05, 0) is 43.3 Å². The number of nitrogens with one attached hydrogen (secondary N) is 1. The van der Waals surface area contributed by atoms with Crippen LogP contribution in [0.3, 0.4) is 0 Å². The molecule has 2 aliphatic heterocycles. The zero-order chi connectivity index (χ0) is 28.8. The number of hydrogen-bond donors (Lipinski definition) is 1. The Hall–Kier alpha value is -3.99. The third kappa shape index (κ3) is 4.61. The lowest BCUT2D eigenvalue weighted by molar-refractivity contribution is -0.138. The van der Waals surface area contributed by atoms with E-state index in [1.807, 2.05) is 36.4 Å². The quantitative estimate of drug-likeness (QED) is 0.317. The maximum Gasteiger partial charge on any atom is 0.338 e. The number of nitrogens with zero attached hydrogens (tertiary/aromatic N) is 2. The van der Waals surface area contributed by atoms with Crippen LogP contribution in [-0.2, 0) is 14.3 Å². The fourth-order valence-electron chi connectivity index (χ4n) is 5.07. The van der Waals surface area contributed by atoms with Crippen molar-refractivity contribution in [2.75, 3.05) is 19.0 Å². The van der Waals surface area contributed by atoms with Crippen molar-refractivity contribution in [3.05, 3.63) is 118 Å². The van der Waals surface area contributed by atoms with Crippen molar-refractivity contribution in [3.63, 3.8) is 0 Å². The molecule has 2 aliphatic rings. The first-order valence-electron chi connectivity index (χ1n) is 12.6. The molecule has 4 aromatic rings. The van der Waals surface area contributed by atoms with Crippen LogP contribution in [0.5, 0.6) is 5.75 Å². The van der Waals surface area contributed by atoms with Crippen LogP contribution in [0, 0.1) is 0 Å². The predicted octanol–water partition coefficient (Wildman–Crippen LogP) is 4.68. The number of amides is 1. The lowest BCUT2D eigenvalue weighted by Gasteiger charge is -2.27. The first kappa shape index (κ1) is 27.2. The van der Waals surface area contributed by atoms with E-state index in [-0.39, 0.29) is 22.3 Å². The Labute approximate surface area is 251 Å². The van der Waals surface area contributed by atoms with Gasteiger partial charge in [-0.25, -0.2) is 9.79 Å². The molecule has 0 fully saturated rings. The molecule has 3 heterocycles. The molecule has 0 unspecified atom stereocenters. The Morgan fingerprint density at radius 1 is 1.12 bits per heavy atom. The van der Waals surface area contributed by atoms with Gasteiger partial charge in [0.25, 0.3) is 11.5 Å². The van der Waals surface area contributed by atoms with Gasteiger partial charge in [-0.3, -0.25) is 14.2 Å². The molecular formula is C30H21BrClN3O5S. The number of hydrogen-bond acceptors (Lipinski definition) is 7. The summed E-state index contributed by atoms with van der Waals surface area (Å²) in [6, 6.07) is 18.6. The van der Waals surface area contributed by atoms with Gasteiger partial charge in [0.15, 0.2) is 4.80 Å². The van der Waals surface area contributed by atoms with Crippen LogP contribution in [0.1, 0.15) is 29.7 Å². The molecule has 1 atom stereocenters. The minimum atomic E-state index is -1.00. The third-order valence-corrected chi connectivity index (χ3v) is 8.57. The second-order valence-corrected chi connectivity index (χ2v) is 11.5. The summed E-state index contributed by atoms with van der Waals surface area (Å²) in [5, 5.41) is 3.23. The van der Waals surface area contributed by atoms with Crippen LogP contribution in [0.15, 0.2) is 86.6 Å². The molecule has 1 N–H and O–H groups in total. The fourth-order valence-corrected chi connectivity index (χ4v) is 6.71. The smallest absolute Gasteiger partial charge is 0.338 e. The van der Waals surface area contributed by atoms with E-state index >= 15 is 0 Å². The minimum Gasteiger partial charge on any atom is -0.496 e. The topological polar surface area (TPSA) is 99.0 Å². The Morgan fingerprint density at radius 3 is 2.63 bits per heavy atom. The standard InChI is InChI=1S/C30H21BrClN3O5S/c1-3-40-29(38)23-24(15-7-5-4-6-8-15)34-30-35(25(23)19-14-17(32)10-12-21(19)39-2)28(37)26(41-30)22-18-13-16(31)9-11-20(18)33-27(22)36/h4-14,25H,3H2,1-2H3,(H,33,36)/b26-22+/t25-/m0/s1. The van der Waals surface area contributed by atoms with Crippen molar-refractivity contribution in [1.29, 1.82) is 0 Å². The number of aromatic nitrogens is 1. The molecule has 0 saturated heterocycles. The van der Waals surface area contributed by atoms with Gasteiger partial charge in [-0.2, -0.15) is 0 Å². The van der Waals surface area contributed by atoms with E-state index in [9.17, 15) is 14.4 Å². The average Bonchev–Trinajstić information content (AvgIpc) is 3.46. The summed E-state index contributed by atoms with van der Waals surface area (Å²) in [5.41, 5.74) is 2.61. The Balaban J connectivity index is 1.76. The highest BCUT2D eigenvalue weighted by Gasteiger charge is 2.38. The number of thiazole rings is 1. The summed E-state index contributed by atoms with van der Waals surface area (Å²) < 4.78 is 13.6. The van der Waals surface area contributed by atoms with Crippen molar-refractivity contribution in [2.45, 2.75) is 13.0 Å². The molecule has 1 amide bonds. The molecule has 0 bridgehead atoms. The molecule has 0 radical (unpaired) electrons. The van der Waals surface area contributed by atoms with E-state index in [1.54, 1.807) is 37.3 Å². The van der Waals surface area contributed by atoms with Gasteiger partial charge >= 0.3 is 5.97 Å². The van der Waals surface area contributed by atoms with Gasteiger partial charge in [-0.1, -0.05) is 69.2 Å².